The van der Waals surface area contributed by atoms with Gasteiger partial charge < -0.3 is 10.1 Å². The number of benzene rings is 2. The van der Waals surface area contributed by atoms with Crippen LogP contribution in [0.4, 0.5) is 0 Å². The normalized spacial score (nSPS) is 17.5. The van der Waals surface area contributed by atoms with Gasteiger partial charge in [-0.2, -0.15) is 4.31 Å². The van der Waals surface area contributed by atoms with Gasteiger partial charge in [-0.1, -0.05) is 23.7 Å². The maximum Gasteiger partial charge on any atom is 0.243 e. The van der Waals surface area contributed by atoms with E-state index in [-0.39, 0.29) is 33.8 Å². The molecule has 1 amide bonds. The molecule has 1 aliphatic rings. The van der Waals surface area contributed by atoms with Gasteiger partial charge in [0, 0.05) is 19.6 Å². The number of ether oxygens (including phenoxy) is 1. The molecule has 1 atom stereocenters. The Kier molecular flexibility index (Phi) is 8.01. The van der Waals surface area contributed by atoms with Gasteiger partial charge in [0.2, 0.25) is 26.0 Å². The summed E-state index contributed by atoms with van der Waals surface area (Å²) < 4.78 is 55.5. The topological polar surface area (TPSA) is 136 Å². The number of rotatable bonds is 8. The van der Waals surface area contributed by atoms with Crippen LogP contribution in [0.2, 0.25) is 5.02 Å². The molecule has 1 fully saturated rings. The Bertz CT molecular complexity index is 1220. The first kappa shape index (κ1) is 25.4. The number of primary sulfonamides is 1. The summed E-state index contributed by atoms with van der Waals surface area (Å²) >= 11 is 6.15. The number of hydrogen-bond acceptors (Lipinski definition) is 6. The lowest BCUT2D eigenvalue weighted by atomic mass is 9.99. The molecule has 0 saturated carbocycles. The van der Waals surface area contributed by atoms with Crippen molar-refractivity contribution in [2.24, 2.45) is 11.1 Å². The van der Waals surface area contributed by atoms with Crippen LogP contribution >= 0.6 is 11.6 Å². The van der Waals surface area contributed by atoms with Gasteiger partial charge in [-0.25, -0.2) is 22.0 Å². The third-order valence-electron chi connectivity index (χ3n) is 5.31. The average molecular weight is 516 g/mol. The Balaban J connectivity index is 1.64. The molecule has 0 aromatic heterocycles. The fourth-order valence-electron chi connectivity index (χ4n) is 3.57. The van der Waals surface area contributed by atoms with E-state index >= 15 is 0 Å². The fraction of sp³-hybridized carbons (Fsp3) is 0.381. The van der Waals surface area contributed by atoms with E-state index in [1.165, 1.54) is 34.6 Å². The summed E-state index contributed by atoms with van der Waals surface area (Å²) in [5.74, 6) is -0.364. The van der Waals surface area contributed by atoms with Gasteiger partial charge in [-0.05, 0) is 55.7 Å². The second kappa shape index (κ2) is 10.4. The number of amides is 1. The van der Waals surface area contributed by atoms with Crippen molar-refractivity contribution in [2.45, 2.75) is 36.1 Å². The summed E-state index contributed by atoms with van der Waals surface area (Å²) in [7, 11) is -7.61. The second-order valence-electron chi connectivity index (χ2n) is 7.63. The average Bonchev–Trinajstić information content (AvgIpc) is 2.78. The first-order valence-electron chi connectivity index (χ1n) is 10.3. The molecule has 9 nitrogen and oxygen atoms in total. The van der Waals surface area contributed by atoms with Crippen LogP contribution in [0, 0.1) is 5.92 Å². The van der Waals surface area contributed by atoms with Crippen molar-refractivity contribution in [1.82, 2.24) is 9.62 Å². The summed E-state index contributed by atoms with van der Waals surface area (Å²) in [4.78, 5) is 12.7. The molecule has 180 valence electrons. The van der Waals surface area contributed by atoms with Crippen molar-refractivity contribution in [3.63, 3.8) is 0 Å². The number of carbonyl (C=O) groups excluding carboxylic acids is 1. The number of nitrogens with zero attached hydrogens (tertiary/aromatic N) is 1. The second-order valence-corrected chi connectivity index (χ2v) is 11.5. The van der Waals surface area contributed by atoms with E-state index in [2.05, 4.69) is 5.32 Å². The predicted molar refractivity (Wildman–Crippen MR) is 124 cm³/mol. The number of nitrogens with two attached hydrogens (primary N) is 1. The first-order chi connectivity index (χ1) is 15.5. The number of hydrogen-bond donors (Lipinski definition) is 2. The molecular weight excluding hydrogens is 490 g/mol. The molecule has 1 heterocycles. The molecule has 33 heavy (non-hydrogen) atoms. The van der Waals surface area contributed by atoms with Crippen molar-refractivity contribution in [1.29, 1.82) is 0 Å². The molecule has 2 aromatic carbocycles. The van der Waals surface area contributed by atoms with E-state index in [0.717, 1.165) is 0 Å². The largest absolute Gasteiger partial charge is 0.492 e. The SMILES string of the molecule is CCOc1ccc(S(=O)(=O)N2CCCC(C(=O)NCc3ccc(S(N)(=O)=O)cc3)C2)cc1Cl. The monoisotopic (exact) mass is 515 g/mol. The lowest BCUT2D eigenvalue weighted by molar-refractivity contribution is -0.126. The zero-order chi connectivity index (χ0) is 24.2. The number of piperidine rings is 1. The molecule has 3 rings (SSSR count). The van der Waals surface area contributed by atoms with Crippen molar-refractivity contribution < 1.29 is 26.4 Å². The lowest BCUT2D eigenvalue weighted by Gasteiger charge is -2.31. The smallest absolute Gasteiger partial charge is 0.243 e. The molecule has 0 radical (unpaired) electrons. The third-order valence-corrected chi connectivity index (χ3v) is 8.40. The van der Waals surface area contributed by atoms with Crippen molar-refractivity contribution in [3.8, 4) is 5.75 Å². The molecule has 0 spiro atoms. The quantitative estimate of drug-likeness (QED) is 0.552. The minimum absolute atomic E-state index is 0.0138. The number of nitrogens with one attached hydrogen (secondary N) is 1. The van der Waals surface area contributed by atoms with Crippen LogP contribution in [0.3, 0.4) is 0 Å². The Morgan fingerprint density at radius 1 is 1.15 bits per heavy atom. The highest BCUT2D eigenvalue weighted by Crippen LogP contribution is 2.30. The summed E-state index contributed by atoms with van der Waals surface area (Å²) in [5, 5.41) is 8.08. The molecule has 0 aliphatic carbocycles. The van der Waals surface area contributed by atoms with E-state index in [0.29, 0.717) is 37.3 Å². The van der Waals surface area contributed by atoms with Crippen molar-refractivity contribution in [2.75, 3.05) is 19.7 Å². The lowest BCUT2D eigenvalue weighted by Crippen LogP contribution is -2.45. The highest BCUT2D eigenvalue weighted by atomic mass is 35.5. The molecule has 1 unspecified atom stereocenters. The maximum atomic E-state index is 13.1. The number of sulfonamides is 2. The molecule has 0 bridgehead atoms. The van der Waals surface area contributed by atoms with Gasteiger partial charge in [0.15, 0.2) is 0 Å². The van der Waals surface area contributed by atoms with E-state index in [4.69, 9.17) is 21.5 Å². The Morgan fingerprint density at radius 2 is 1.82 bits per heavy atom. The van der Waals surface area contributed by atoms with Gasteiger partial charge in [0.25, 0.3) is 0 Å². The van der Waals surface area contributed by atoms with Crippen LogP contribution in [-0.2, 0) is 31.4 Å². The van der Waals surface area contributed by atoms with Gasteiger partial charge >= 0.3 is 0 Å². The van der Waals surface area contributed by atoms with Crippen LogP contribution in [0.1, 0.15) is 25.3 Å². The molecular formula is C21H26ClN3O6S2. The molecule has 1 aliphatic heterocycles. The van der Waals surface area contributed by atoms with E-state index < -0.39 is 26.0 Å². The van der Waals surface area contributed by atoms with Crippen molar-refractivity contribution >= 4 is 37.6 Å². The molecule has 2 aromatic rings. The number of halogens is 1. The third kappa shape index (κ3) is 6.24. The highest BCUT2D eigenvalue weighted by Gasteiger charge is 2.33. The number of carbonyl (C=O) groups is 1. The molecule has 12 heteroatoms. The summed E-state index contributed by atoms with van der Waals surface area (Å²) in [6.45, 7) is 2.77. The van der Waals surface area contributed by atoms with Gasteiger partial charge in [0.05, 0.1) is 27.3 Å². The van der Waals surface area contributed by atoms with Crippen LogP contribution in [0.25, 0.3) is 0 Å². The fourth-order valence-corrected chi connectivity index (χ4v) is 5.93. The van der Waals surface area contributed by atoms with E-state index in [1.54, 1.807) is 19.1 Å². The Hall–Kier alpha value is -2.18. The van der Waals surface area contributed by atoms with E-state index in [1.807, 2.05) is 0 Å². The van der Waals surface area contributed by atoms with Crippen LogP contribution in [0.15, 0.2) is 52.3 Å². The molecule has 3 N–H and O–H groups in total. The first-order valence-corrected chi connectivity index (χ1v) is 13.7. The van der Waals surface area contributed by atoms with E-state index in [9.17, 15) is 21.6 Å². The predicted octanol–water partition coefficient (Wildman–Crippen LogP) is 2.10. The van der Waals surface area contributed by atoms with Crippen LogP contribution in [-0.4, -0.2) is 46.7 Å². The summed E-state index contributed by atoms with van der Waals surface area (Å²) in [6, 6.07) is 10.2. The minimum Gasteiger partial charge on any atom is -0.492 e. The van der Waals surface area contributed by atoms with Crippen molar-refractivity contribution in [3.05, 3.63) is 53.1 Å². The maximum absolute atomic E-state index is 13.1. The zero-order valence-corrected chi connectivity index (χ0v) is 20.4. The van der Waals surface area contributed by atoms with Gasteiger partial charge in [0.1, 0.15) is 5.75 Å². The Labute approximate surface area is 199 Å². The zero-order valence-electron chi connectivity index (χ0n) is 18.0. The molecule has 1 saturated heterocycles. The van der Waals surface area contributed by atoms with Crippen LogP contribution in [0.5, 0.6) is 5.75 Å². The minimum atomic E-state index is -3.82. The highest BCUT2D eigenvalue weighted by molar-refractivity contribution is 7.89. The summed E-state index contributed by atoms with van der Waals surface area (Å²) in [5.41, 5.74) is 0.695. The Morgan fingerprint density at radius 3 is 2.42 bits per heavy atom. The summed E-state index contributed by atoms with van der Waals surface area (Å²) in [6.07, 6.45) is 1.11. The van der Waals surface area contributed by atoms with Crippen LogP contribution < -0.4 is 15.2 Å². The van der Waals surface area contributed by atoms with Gasteiger partial charge in [-0.3, -0.25) is 4.79 Å². The standard InChI is InChI=1S/C21H26ClN3O6S2/c1-2-31-20-10-9-18(12-19(20)22)33(29,30)25-11-3-4-16(14-25)21(26)24-13-15-5-7-17(8-6-15)32(23,27)28/h5-10,12,16H,2-4,11,13-14H2,1H3,(H,24,26)(H2,23,27,28). The van der Waals surface area contributed by atoms with Gasteiger partial charge in [-0.15, -0.1) is 0 Å².